The molecule has 0 saturated heterocycles. The highest BCUT2D eigenvalue weighted by atomic mass is 32.2. The summed E-state index contributed by atoms with van der Waals surface area (Å²) in [5.41, 5.74) is 4.44. The zero-order chi connectivity index (χ0) is 18.6. The van der Waals surface area contributed by atoms with E-state index in [4.69, 9.17) is 0 Å². The highest BCUT2D eigenvalue weighted by Crippen LogP contribution is 2.19. The van der Waals surface area contributed by atoms with Crippen molar-refractivity contribution in [1.29, 1.82) is 0 Å². The van der Waals surface area contributed by atoms with Gasteiger partial charge in [0.25, 0.3) is 0 Å². The lowest BCUT2D eigenvalue weighted by Crippen LogP contribution is -2.37. The van der Waals surface area contributed by atoms with Crippen molar-refractivity contribution in [2.75, 3.05) is 22.4 Å². The van der Waals surface area contributed by atoms with Crippen molar-refractivity contribution >= 4 is 27.3 Å². The molecule has 0 bridgehead atoms. The van der Waals surface area contributed by atoms with Gasteiger partial charge in [0.15, 0.2) is 0 Å². The molecule has 0 saturated carbocycles. The number of benzene rings is 2. The molecule has 0 aliphatic heterocycles. The molecule has 0 heterocycles. The Hall–Kier alpha value is -2.34. The third kappa shape index (κ3) is 5.06. The maximum atomic E-state index is 12.3. The number of hydrogen-bond acceptors (Lipinski definition) is 3. The number of aryl methyl sites for hydroxylation is 3. The Balaban J connectivity index is 2.18. The van der Waals surface area contributed by atoms with Crippen molar-refractivity contribution in [3.8, 4) is 0 Å². The molecule has 134 valence electrons. The van der Waals surface area contributed by atoms with Crippen LogP contribution in [0.1, 0.15) is 23.6 Å². The van der Waals surface area contributed by atoms with Crippen molar-refractivity contribution in [1.82, 2.24) is 0 Å². The number of carbonyl (C=O) groups excluding carboxylic acids is 1. The van der Waals surface area contributed by atoms with Crippen molar-refractivity contribution in [3.63, 3.8) is 0 Å². The molecular weight excluding hydrogens is 336 g/mol. The second-order valence-electron chi connectivity index (χ2n) is 6.14. The summed E-state index contributed by atoms with van der Waals surface area (Å²) >= 11 is 0. The smallest absolute Gasteiger partial charge is 0.245 e. The van der Waals surface area contributed by atoms with E-state index in [2.05, 4.69) is 5.32 Å². The molecule has 25 heavy (non-hydrogen) atoms. The minimum atomic E-state index is -3.57. The zero-order valence-electron chi connectivity index (χ0n) is 15.0. The van der Waals surface area contributed by atoms with Crippen LogP contribution in [0.4, 0.5) is 11.4 Å². The van der Waals surface area contributed by atoms with Gasteiger partial charge in [-0.3, -0.25) is 9.10 Å². The van der Waals surface area contributed by atoms with Gasteiger partial charge in [-0.2, -0.15) is 0 Å². The monoisotopic (exact) mass is 360 g/mol. The van der Waals surface area contributed by atoms with E-state index in [1.165, 1.54) is 0 Å². The van der Waals surface area contributed by atoms with Gasteiger partial charge in [-0.1, -0.05) is 25.1 Å². The number of sulfonamides is 1. The van der Waals surface area contributed by atoms with E-state index in [0.717, 1.165) is 33.7 Å². The lowest BCUT2D eigenvalue weighted by atomic mass is 10.1. The molecule has 0 atom stereocenters. The van der Waals surface area contributed by atoms with Crippen molar-refractivity contribution in [2.45, 2.75) is 27.2 Å². The van der Waals surface area contributed by atoms with E-state index in [-0.39, 0.29) is 12.5 Å². The molecule has 2 rings (SSSR count). The molecule has 0 radical (unpaired) electrons. The summed E-state index contributed by atoms with van der Waals surface area (Å²) in [5, 5.41) is 2.76. The average Bonchev–Trinajstić information content (AvgIpc) is 2.55. The molecular formula is C19H24N2O3S. The SMILES string of the molecule is CCc1ccc(N(CC(=O)Nc2ccc(C)c(C)c2)S(C)(=O)=O)cc1. The Morgan fingerprint density at radius 2 is 1.68 bits per heavy atom. The van der Waals surface area contributed by atoms with Gasteiger partial charge in [-0.05, 0) is 61.2 Å². The first-order chi connectivity index (χ1) is 11.7. The molecule has 0 aliphatic rings. The predicted octanol–water partition coefficient (Wildman–Crippen LogP) is 3.27. The highest BCUT2D eigenvalue weighted by Gasteiger charge is 2.21. The van der Waals surface area contributed by atoms with Gasteiger partial charge in [0, 0.05) is 5.69 Å². The Morgan fingerprint density at radius 1 is 1.04 bits per heavy atom. The summed E-state index contributed by atoms with van der Waals surface area (Å²) in [4.78, 5) is 12.3. The summed E-state index contributed by atoms with van der Waals surface area (Å²) in [7, 11) is -3.57. The third-order valence-corrected chi connectivity index (χ3v) is 5.25. The van der Waals surface area contributed by atoms with Crippen molar-refractivity contribution in [3.05, 3.63) is 59.2 Å². The van der Waals surface area contributed by atoms with Gasteiger partial charge in [-0.25, -0.2) is 8.42 Å². The van der Waals surface area contributed by atoms with Crippen LogP contribution in [-0.2, 0) is 21.2 Å². The number of amides is 1. The Labute approximate surface area is 149 Å². The highest BCUT2D eigenvalue weighted by molar-refractivity contribution is 7.92. The van der Waals surface area contributed by atoms with Crippen LogP contribution in [0.5, 0.6) is 0 Å². The van der Waals surface area contributed by atoms with Crippen molar-refractivity contribution < 1.29 is 13.2 Å². The predicted molar refractivity (Wildman–Crippen MR) is 103 cm³/mol. The Bertz CT molecular complexity index is 859. The fraction of sp³-hybridized carbons (Fsp3) is 0.316. The summed E-state index contributed by atoms with van der Waals surface area (Å²) in [6.07, 6.45) is 1.97. The van der Waals surface area contributed by atoms with Crippen LogP contribution in [0.2, 0.25) is 0 Å². The number of nitrogens with zero attached hydrogens (tertiary/aromatic N) is 1. The number of hydrogen-bond donors (Lipinski definition) is 1. The lowest BCUT2D eigenvalue weighted by molar-refractivity contribution is -0.114. The topological polar surface area (TPSA) is 66.5 Å². The van der Waals surface area contributed by atoms with E-state index < -0.39 is 10.0 Å². The number of carbonyl (C=O) groups is 1. The van der Waals surface area contributed by atoms with E-state index >= 15 is 0 Å². The molecule has 2 aromatic carbocycles. The summed E-state index contributed by atoms with van der Waals surface area (Å²) in [6.45, 7) is 5.72. The standard InChI is InChI=1S/C19H24N2O3S/c1-5-16-7-10-18(11-8-16)21(25(4,23)24)13-19(22)20-17-9-6-14(2)15(3)12-17/h6-12H,5,13H2,1-4H3,(H,20,22). The molecule has 5 nitrogen and oxygen atoms in total. The van der Waals surface area contributed by atoms with Crippen LogP contribution in [0.15, 0.2) is 42.5 Å². The van der Waals surface area contributed by atoms with E-state index in [1.54, 1.807) is 18.2 Å². The van der Waals surface area contributed by atoms with Gasteiger partial charge in [0.2, 0.25) is 15.9 Å². The van der Waals surface area contributed by atoms with E-state index in [0.29, 0.717) is 11.4 Å². The molecule has 1 amide bonds. The lowest BCUT2D eigenvalue weighted by Gasteiger charge is -2.22. The molecule has 0 spiro atoms. The number of nitrogens with one attached hydrogen (secondary N) is 1. The van der Waals surface area contributed by atoms with Gasteiger partial charge < -0.3 is 5.32 Å². The minimum Gasteiger partial charge on any atom is -0.325 e. The minimum absolute atomic E-state index is 0.267. The van der Waals surface area contributed by atoms with Crippen LogP contribution in [-0.4, -0.2) is 27.1 Å². The van der Waals surface area contributed by atoms with E-state index in [9.17, 15) is 13.2 Å². The fourth-order valence-electron chi connectivity index (χ4n) is 2.45. The molecule has 1 N–H and O–H groups in total. The summed E-state index contributed by atoms with van der Waals surface area (Å²) < 4.78 is 25.4. The van der Waals surface area contributed by atoms with Gasteiger partial charge >= 0.3 is 0 Å². The number of anilines is 2. The molecule has 6 heteroatoms. The van der Waals surface area contributed by atoms with E-state index in [1.807, 2.05) is 45.0 Å². The summed E-state index contributed by atoms with van der Waals surface area (Å²) in [5.74, 6) is -0.381. The third-order valence-electron chi connectivity index (χ3n) is 4.11. The second kappa shape index (κ2) is 7.70. The molecule has 0 unspecified atom stereocenters. The second-order valence-corrected chi connectivity index (χ2v) is 8.04. The van der Waals surface area contributed by atoms with Crippen LogP contribution in [0.3, 0.4) is 0 Å². The molecule has 0 aromatic heterocycles. The average molecular weight is 360 g/mol. The first-order valence-corrected chi connectivity index (χ1v) is 9.99. The van der Waals surface area contributed by atoms with Crippen molar-refractivity contribution in [2.24, 2.45) is 0 Å². The van der Waals surface area contributed by atoms with Crippen LogP contribution < -0.4 is 9.62 Å². The first-order valence-electron chi connectivity index (χ1n) is 8.14. The van der Waals surface area contributed by atoms with Gasteiger partial charge in [0.05, 0.1) is 11.9 Å². The number of rotatable bonds is 6. The maximum Gasteiger partial charge on any atom is 0.245 e. The Kier molecular flexibility index (Phi) is 5.85. The molecule has 0 fully saturated rings. The first kappa shape index (κ1) is 19.0. The normalized spacial score (nSPS) is 11.2. The molecule has 0 aliphatic carbocycles. The maximum absolute atomic E-state index is 12.3. The van der Waals surface area contributed by atoms with Gasteiger partial charge in [0.1, 0.15) is 6.54 Å². The van der Waals surface area contributed by atoms with Crippen LogP contribution in [0.25, 0.3) is 0 Å². The molecule has 2 aromatic rings. The summed E-state index contributed by atoms with van der Waals surface area (Å²) in [6, 6.07) is 12.8. The van der Waals surface area contributed by atoms with Crippen LogP contribution in [0, 0.1) is 13.8 Å². The van der Waals surface area contributed by atoms with Gasteiger partial charge in [-0.15, -0.1) is 0 Å². The quantitative estimate of drug-likeness (QED) is 0.860. The van der Waals surface area contributed by atoms with Crippen LogP contribution >= 0.6 is 0 Å². The fourth-order valence-corrected chi connectivity index (χ4v) is 3.30. The zero-order valence-corrected chi connectivity index (χ0v) is 15.9. The Morgan fingerprint density at radius 3 is 2.20 bits per heavy atom. The largest absolute Gasteiger partial charge is 0.325 e.